The summed E-state index contributed by atoms with van der Waals surface area (Å²) in [6.45, 7) is 7.86. The Balaban J connectivity index is 1.62. The molecule has 1 aliphatic heterocycles. The number of fused-ring (bicyclic) bond motifs is 2. The van der Waals surface area contributed by atoms with Gasteiger partial charge in [0.2, 0.25) is 5.95 Å². The van der Waals surface area contributed by atoms with Crippen molar-refractivity contribution in [1.29, 1.82) is 0 Å². The van der Waals surface area contributed by atoms with Crippen molar-refractivity contribution in [3.63, 3.8) is 0 Å². The number of rotatable bonds is 6. The lowest BCUT2D eigenvalue weighted by Gasteiger charge is -2.18. The normalized spacial score (nSPS) is 13.4. The predicted octanol–water partition coefficient (Wildman–Crippen LogP) is 2.72. The molecule has 1 aromatic carbocycles. The van der Waals surface area contributed by atoms with E-state index in [1.807, 2.05) is 12.1 Å². The largest absolute Gasteiger partial charge is 0.384 e. The van der Waals surface area contributed by atoms with E-state index in [0.29, 0.717) is 40.3 Å². The van der Waals surface area contributed by atoms with Crippen LogP contribution in [0.3, 0.4) is 0 Å². The molecule has 0 fully saturated rings. The summed E-state index contributed by atoms with van der Waals surface area (Å²) in [7, 11) is 1.76. The van der Waals surface area contributed by atoms with E-state index in [1.54, 1.807) is 60.8 Å². The minimum absolute atomic E-state index is 0.0341. The SMILES string of the molecule is C=CCn1c(=O)c2cnc(Nc3ccc4c(c3)C(=O)N(C)C4)nc2n1-c1cccc(C(C)(C)O)n1. The van der Waals surface area contributed by atoms with Crippen LogP contribution in [0.5, 0.6) is 0 Å². The van der Waals surface area contributed by atoms with Gasteiger partial charge >= 0.3 is 0 Å². The van der Waals surface area contributed by atoms with Crippen LogP contribution in [0.15, 0.2) is 60.0 Å². The first-order valence-electron chi connectivity index (χ1n) is 11.1. The lowest BCUT2D eigenvalue weighted by Crippen LogP contribution is -2.23. The van der Waals surface area contributed by atoms with Gasteiger partial charge in [-0.1, -0.05) is 18.2 Å². The van der Waals surface area contributed by atoms with Gasteiger partial charge in [-0.3, -0.25) is 9.59 Å². The van der Waals surface area contributed by atoms with E-state index in [0.717, 1.165) is 5.56 Å². The van der Waals surface area contributed by atoms with E-state index in [1.165, 1.54) is 10.9 Å². The molecule has 10 heteroatoms. The Kier molecular flexibility index (Phi) is 5.25. The van der Waals surface area contributed by atoms with Gasteiger partial charge < -0.3 is 15.3 Å². The standard InChI is InChI=1S/C25H25N7O3/c1-5-11-31-23(34)18-13-26-24(27-16-10-9-15-14-30(4)22(33)17(15)12-16)29-21(18)32(31)20-8-6-7-19(28-20)25(2,3)35/h5-10,12-13,35H,1,11,14H2,2-4H3,(H,26,27,29). The maximum Gasteiger partial charge on any atom is 0.278 e. The first-order chi connectivity index (χ1) is 16.7. The van der Waals surface area contributed by atoms with Crippen LogP contribution in [0.2, 0.25) is 0 Å². The number of nitrogens with zero attached hydrogens (tertiary/aromatic N) is 6. The summed E-state index contributed by atoms with van der Waals surface area (Å²) in [5.74, 6) is 0.655. The number of aromatic nitrogens is 5. The zero-order valence-corrected chi connectivity index (χ0v) is 19.7. The molecule has 0 spiro atoms. The second-order valence-electron chi connectivity index (χ2n) is 9.02. The zero-order chi connectivity index (χ0) is 24.9. The Bertz CT molecular complexity index is 1550. The average Bonchev–Trinajstić information content (AvgIpc) is 3.26. The molecule has 178 valence electrons. The molecule has 1 amide bonds. The van der Waals surface area contributed by atoms with Crippen molar-refractivity contribution in [2.75, 3.05) is 12.4 Å². The van der Waals surface area contributed by atoms with Crippen molar-refractivity contribution in [3.05, 3.63) is 82.4 Å². The fourth-order valence-corrected chi connectivity index (χ4v) is 4.14. The summed E-state index contributed by atoms with van der Waals surface area (Å²) in [5, 5.41) is 13.9. The van der Waals surface area contributed by atoms with Crippen LogP contribution < -0.4 is 10.9 Å². The zero-order valence-electron chi connectivity index (χ0n) is 19.7. The Morgan fingerprint density at radius 3 is 2.74 bits per heavy atom. The number of carbonyl (C=O) groups is 1. The number of aliphatic hydroxyl groups is 1. The number of hydrogen-bond donors (Lipinski definition) is 2. The summed E-state index contributed by atoms with van der Waals surface area (Å²) in [4.78, 5) is 40.7. The monoisotopic (exact) mass is 471 g/mol. The number of pyridine rings is 1. The minimum atomic E-state index is -1.16. The summed E-state index contributed by atoms with van der Waals surface area (Å²) in [6, 6.07) is 10.8. The number of amides is 1. The summed E-state index contributed by atoms with van der Waals surface area (Å²) < 4.78 is 3.07. The van der Waals surface area contributed by atoms with Gasteiger partial charge in [0, 0.05) is 31.0 Å². The maximum absolute atomic E-state index is 13.1. The van der Waals surface area contributed by atoms with E-state index < -0.39 is 5.60 Å². The van der Waals surface area contributed by atoms with Gasteiger partial charge in [-0.15, -0.1) is 6.58 Å². The predicted molar refractivity (Wildman–Crippen MR) is 132 cm³/mol. The van der Waals surface area contributed by atoms with E-state index in [2.05, 4.69) is 26.8 Å². The van der Waals surface area contributed by atoms with E-state index >= 15 is 0 Å². The second-order valence-corrected chi connectivity index (χ2v) is 9.02. The molecule has 0 radical (unpaired) electrons. The molecule has 2 N–H and O–H groups in total. The molecule has 3 aromatic heterocycles. The molecular formula is C25H25N7O3. The number of anilines is 2. The number of nitrogens with one attached hydrogen (secondary N) is 1. The van der Waals surface area contributed by atoms with E-state index in [9.17, 15) is 14.7 Å². The van der Waals surface area contributed by atoms with Gasteiger partial charge in [-0.25, -0.2) is 19.3 Å². The second kappa shape index (κ2) is 8.17. The molecule has 1 aliphatic rings. The highest BCUT2D eigenvalue weighted by Crippen LogP contribution is 2.26. The number of carbonyl (C=O) groups excluding carboxylic acids is 1. The Morgan fingerprint density at radius 1 is 1.20 bits per heavy atom. The number of allylic oxidation sites excluding steroid dienone is 1. The molecule has 10 nitrogen and oxygen atoms in total. The molecule has 5 rings (SSSR count). The third kappa shape index (κ3) is 3.87. The lowest BCUT2D eigenvalue weighted by atomic mass is 10.1. The Hall–Kier alpha value is -4.31. The first kappa shape index (κ1) is 22.5. The van der Waals surface area contributed by atoms with Gasteiger partial charge in [0.1, 0.15) is 11.0 Å². The molecule has 0 unspecified atom stereocenters. The van der Waals surface area contributed by atoms with Crippen LogP contribution in [-0.2, 0) is 18.7 Å². The van der Waals surface area contributed by atoms with Gasteiger partial charge in [0.15, 0.2) is 11.5 Å². The highest BCUT2D eigenvalue weighted by atomic mass is 16.3. The molecule has 0 bridgehead atoms. The summed E-state index contributed by atoms with van der Waals surface area (Å²) in [6.07, 6.45) is 3.08. The van der Waals surface area contributed by atoms with Gasteiger partial charge in [0.05, 0.1) is 12.2 Å². The summed E-state index contributed by atoms with van der Waals surface area (Å²) in [5.41, 5.74) is 1.62. The molecule has 35 heavy (non-hydrogen) atoms. The Labute approximate surface area is 201 Å². The van der Waals surface area contributed by atoms with Crippen molar-refractivity contribution in [3.8, 4) is 5.82 Å². The van der Waals surface area contributed by atoms with Gasteiger partial charge in [0.25, 0.3) is 11.5 Å². The minimum Gasteiger partial charge on any atom is -0.384 e. The number of benzene rings is 1. The molecule has 4 aromatic rings. The van der Waals surface area contributed by atoms with Crippen LogP contribution in [-0.4, -0.2) is 47.3 Å². The summed E-state index contributed by atoms with van der Waals surface area (Å²) >= 11 is 0. The van der Waals surface area contributed by atoms with Crippen LogP contribution in [0.1, 0.15) is 35.5 Å². The molecule has 0 aliphatic carbocycles. The topological polar surface area (TPSA) is 118 Å². The van der Waals surface area contributed by atoms with Crippen LogP contribution in [0.4, 0.5) is 11.6 Å². The van der Waals surface area contributed by atoms with Gasteiger partial charge in [-0.05, 0) is 43.7 Å². The van der Waals surface area contributed by atoms with Crippen LogP contribution >= 0.6 is 0 Å². The van der Waals surface area contributed by atoms with Gasteiger partial charge in [-0.2, -0.15) is 4.98 Å². The molecule has 0 saturated carbocycles. The van der Waals surface area contributed by atoms with Crippen molar-refractivity contribution in [1.82, 2.24) is 29.2 Å². The molecular weight excluding hydrogens is 446 g/mol. The fourth-order valence-electron chi connectivity index (χ4n) is 4.14. The highest BCUT2D eigenvalue weighted by molar-refractivity contribution is 5.99. The Morgan fingerprint density at radius 2 is 2.00 bits per heavy atom. The smallest absolute Gasteiger partial charge is 0.278 e. The van der Waals surface area contributed by atoms with Crippen molar-refractivity contribution in [2.24, 2.45) is 0 Å². The molecule has 0 saturated heterocycles. The van der Waals surface area contributed by atoms with Crippen LogP contribution in [0.25, 0.3) is 16.9 Å². The number of hydrogen-bond acceptors (Lipinski definition) is 7. The fraction of sp³-hybridized carbons (Fsp3) is 0.240. The van der Waals surface area contributed by atoms with Crippen molar-refractivity contribution >= 4 is 28.6 Å². The first-order valence-corrected chi connectivity index (χ1v) is 11.1. The average molecular weight is 472 g/mol. The third-order valence-corrected chi connectivity index (χ3v) is 5.91. The van der Waals surface area contributed by atoms with Crippen molar-refractivity contribution < 1.29 is 9.90 Å². The lowest BCUT2D eigenvalue weighted by molar-refractivity contribution is 0.0737. The van der Waals surface area contributed by atoms with Crippen molar-refractivity contribution in [2.45, 2.75) is 32.5 Å². The quantitative estimate of drug-likeness (QED) is 0.415. The third-order valence-electron chi connectivity index (χ3n) is 5.91. The van der Waals surface area contributed by atoms with E-state index in [-0.39, 0.29) is 24.0 Å². The van der Waals surface area contributed by atoms with Crippen LogP contribution in [0, 0.1) is 0 Å². The highest BCUT2D eigenvalue weighted by Gasteiger charge is 2.25. The van der Waals surface area contributed by atoms with E-state index in [4.69, 9.17) is 0 Å². The molecule has 4 heterocycles. The molecule has 0 atom stereocenters. The maximum atomic E-state index is 13.1.